The highest BCUT2D eigenvalue weighted by Crippen LogP contribution is 2.20. The van der Waals surface area contributed by atoms with Gasteiger partial charge in [0.15, 0.2) is 0 Å². The Kier molecular flexibility index (Phi) is 7.00. The zero-order valence-electron chi connectivity index (χ0n) is 11.6. The van der Waals surface area contributed by atoms with Crippen molar-refractivity contribution in [3.8, 4) is 0 Å². The SMILES string of the molecule is CCCNC(=O)CCNC(=O)Nc1ncc(C)cc1Br. The highest BCUT2D eigenvalue weighted by Gasteiger charge is 2.07. The molecule has 0 aromatic carbocycles. The third kappa shape index (κ3) is 6.01. The first kappa shape index (κ1) is 16.4. The van der Waals surface area contributed by atoms with Gasteiger partial charge in [0.25, 0.3) is 0 Å². The predicted molar refractivity (Wildman–Crippen MR) is 81.6 cm³/mol. The summed E-state index contributed by atoms with van der Waals surface area (Å²) in [4.78, 5) is 27.1. The maximum atomic E-state index is 11.6. The fourth-order valence-electron chi connectivity index (χ4n) is 1.42. The smallest absolute Gasteiger partial charge is 0.320 e. The first-order chi connectivity index (χ1) is 9.52. The Morgan fingerprint density at radius 2 is 2.05 bits per heavy atom. The Bertz CT molecular complexity index is 479. The largest absolute Gasteiger partial charge is 0.356 e. The van der Waals surface area contributed by atoms with Gasteiger partial charge in [-0.25, -0.2) is 9.78 Å². The minimum Gasteiger partial charge on any atom is -0.356 e. The van der Waals surface area contributed by atoms with E-state index in [0.29, 0.717) is 16.8 Å². The number of carbonyl (C=O) groups is 2. The molecule has 0 fully saturated rings. The van der Waals surface area contributed by atoms with Crippen molar-refractivity contribution in [2.45, 2.75) is 26.7 Å². The van der Waals surface area contributed by atoms with Gasteiger partial charge in [0.1, 0.15) is 5.82 Å². The summed E-state index contributed by atoms with van der Waals surface area (Å²) >= 11 is 3.33. The number of rotatable bonds is 6. The molecule has 7 heteroatoms. The van der Waals surface area contributed by atoms with Crippen LogP contribution in [-0.2, 0) is 4.79 Å². The summed E-state index contributed by atoms with van der Waals surface area (Å²) in [5.74, 6) is 0.380. The number of nitrogens with one attached hydrogen (secondary N) is 3. The average Bonchev–Trinajstić information content (AvgIpc) is 2.39. The van der Waals surface area contributed by atoms with Crippen molar-refractivity contribution in [2.75, 3.05) is 18.4 Å². The second-order valence-corrected chi connectivity index (χ2v) is 5.18. The van der Waals surface area contributed by atoms with Gasteiger partial charge >= 0.3 is 6.03 Å². The fourth-order valence-corrected chi connectivity index (χ4v) is 1.98. The molecule has 0 bridgehead atoms. The van der Waals surface area contributed by atoms with E-state index in [9.17, 15) is 9.59 Å². The number of aryl methyl sites for hydroxylation is 1. The number of aromatic nitrogens is 1. The quantitative estimate of drug-likeness (QED) is 0.740. The van der Waals surface area contributed by atoms with E-state index in [4.69, 9.17) is 0 Å². The van der Waals surface area contributed by atoms with Crippen molar-refractivity contribution in [3.05, 3.63) is 22.3 Å². The third-order valence-electron chi connectivity index (χ3n) is 2.42. The number of hydrogen-bond acceptors (Lipinski definition) is 3. The summed E-state index contributed by atoms with van der Waals surface area (Å²) < 4.78 is 0.716. The second-order valence-electron chi connectivity index (χ2n) is 4.32. The van der Waals surface area contributed by atoms with Gasteiger partial charge in [-0.15, -0.1) is 0 Å². The molecule has 1 aromatic rings. The van der Waals surface area contributed by atoms with Gasteiger partial charge in [-0.05, 0) is 40.9 Å². The van der Waals surface area contributed by atoms with Gasteiger partial charge in [-0.3, -0.25) is 10.1 Å². The Hall–Kier alpha value is -1.63. The molecule has 1 heterocycles. The van der Waals surface area contributed by atoms with Gasteiger partial charge in [-0.1, -0.05) is 6.92 Å². The van der Waals surface area contributed by atoms with Crippen LogP contribution < -0.4 is 16.0 Å². The van der Waals surface area contributed by atoms with E-state index in [-0.39, 0.29) is 24.9 Å². The molecule has 110 valence electrons. The summed E-state index contributed by atoms with van der Waals surface area (Å²) in [5, 5.41) is 7.96. The molecule has 0 spiro atoms. The molecule has 1 rings (SSSR count). The van der Waals surface area contributed by atoms with E-state index in [2.05, 4.69) is 36.9 Å². The molecule has 0 saturated carbocycles. The minimum atomic E-state index is -0.384. The van der Waals surface area contributed by atoms with Crippen LogP contribution in [0.3, 0.4) is 0 Å². The molecule has 0 unspecified atom stereocenters. The normalized spacial score (nSPS) is 9.95. The van der Waals surface area contributed by atoms with Crippen LogP contribution in [0.1, 0.15) is 25.3 Å². The lowest BCUT2D eigenvalue weighted by Crippen LogP contribution is -2.33. The lowest BCUT2D eigenvalue weighted by atomic mass is 10.3. The summed E-state index contributed by atoms with van der Waals surface area (Å²) in [5.41, 5.74) is 0.996. The Morgan fingerprint density at radius 1 is 1.30 bits per heavy atom. The van der Waals surface area contributed by atoms with E-state index < -0.39 is 0 Å². The number of nitrogens with zero attached hydrogens (tertiary/aromatic N) is 1. The number of pyridine rings is 1. The molecule has 6 nitrogen and oxygen atoms in total. The summed E-state index contributed by atoms with van der Waals surface area (Å²) in [6.07, 6.45) is 2.82. The number of urea groups is 1. The standard InChI is InChI=1S/C13H19BrN4O2/c1-3-5-15-11(19)4-6-16-13(20)18-12-10(14)7-9(2)8-17-12/h7-8H,3-6H2,1-2H3,(H,15,19)(H2,16,17,18,20). The monoisotopic (exact) mass is 342 g/mol. The van der Waals surface area contributed by atoms with Crippen molar-refractivity contribution < 1.29 is 9.59 Å². The molecular weight excluding hydrogens is 324 g/mol. The summed E-state index contributed by atoms with van der Waals surface area (Å²) in [6, 6.07) is 1.48. The van der Waals surface area contributed by atoms with Crippen LogP contribution in [0.4, 0.5) is 10.6 Å². The first-order valence-corrected chi connectivity index (χ1v) is 7.26. The van der Waals surface area contributed by atoms with Crippen LogP contribution in [0.2, 0.25) is 0 Å². The van der Waals surface area contributed by atoms with Crippen LogP contribution in [0.25, 0.3) is 0 Å². The third-order valence-corrected chi connectivity index (χ3v) is 3.02. The van der Waals surface area contributed by atoms with Gasteiger partial charge in [0.05, 0.1) is 4.47 Å². The topological polar surface area (TPSA) is 83.1 Å². The van der Waals surface area contributed by atoms with E-state index in [0.717, 1.165) is 12.0 Å². The van der Waals surface area contributed by atoms with Gasteiger partial charge in [0, 0.05) is 25.7 Å². The van der Waals surface area contributed by atoms with Crippen LogP contribution in [0.15, 0.2) is 16.7 Å². The number of hydrogen-bond donors (Lipinski definition) is 3. The number of amides is 3. The molecule has 1 aromatic heterocycles. The molecule has 3 N–H and O–H groups in total. The molecule has 0 aliphatic heterocycles. The van der Waals surface area contributed by atoms with Gasteiger partial charge in [0.2, 0.25) is 5.91 Å². The predicted octanol–water partition coefficient (Wildman–Crippen LogP) is 2.19. The minimum absolute atomic E-state index is 0.0678. The maximum Gasteiger partial charge on any atom is 0.320 e. The van der Waals surface area contributed by atoms with Crippen molar-refractivity contribution in [1.82, 2.24) is 15.6 Å². The van der Waals surface area contributed by atoms with Crippen LogP contribution in [-0.4, -0.2) is 30.0 Å². The fraction of sp³-hybridized carbons (Fsp3) is 0.462. The average molecular weight is 343 g/mol. The molecule has 0 aliphatic rings. The first-order valence-electron chi connectivity index (χ1n) is 6.46. The van der Waals surface area contributed by atoms with Gasteiger partial charge < -0.3 is 10.6 Å². The highest BCUT2D eigenvalue weighted by atomic mass is 79.9. The number of carbonyl (C=O) groups excluding carboxylic acids is 2. The second kappa shape index (κ2) is 8.52. The molecule has 20 heavy (non-hydrogen) atoms. The Balaban J connectivity index is 2.31. The molecule has 3 amide bonds. The molecule has 0 radical (unpaired) electrons. The van der Waals surface area contributed by atoms with Crippen molar-refractivity contribution >= 4 is 33.7 Å². The molecular formula is C13H19BrN4O2. The zero-order chi connectivity index (χ0) is 15.0. The molecule has 0 atom stereocenters. The van der Waals surface area contributed by atoms with E-state index in [1.165, 1.54) is 0 Å². The maximum absolute atomic E-state index is 11.6. The highest BCUT2D eigenvalue weighted by molar-refractivity contribution is 9.10. The van der Waals surface area contributed by atoms with Crippen molar-refractivity contribution in [1.29, 1.82) is 0 Å². The van der Waals surface area contributed by atoms with Crippen molar-refractivity contribution in [2.24, 2.45) is 0 Å². The van der Waals surface area contributed by atoms with Crippen LogP contribution >= 0.6 is 15.9 Å². The Labute approximate surface area is 126 Å². The summed E-state index contributed by atoms with van der Waals surface area (Å²) in [6.45, 7) is 4.84. The molecule has 0 aliphatic carbocycles. The van der Waals surface area contributed by atoms with Crippen LogP contribution in [0.5, 0.6) is 0 Å². The lowest BCUT2D eigenvalue weighted by molar-refractivity contribution is -0.120. The van der Waals surface area contributed by atoms with Gasteiger partial charge in [-0.2, -0.15) is 0 Å². The van der Waals surface area contributed by atoms with Crippen LogP contribution in [0, 0.1) is 6.92 Å². The molecule has 0 saturated heterocycles. The zero-order valence-corrected chi connectivity index (χ0v) is 13.2. The van der Waals surface area contributed by atoms with Crippen molar-refractivity contribution in [3.63, 3.8) is 0 Å². The number of halogens is 1. The lowest BCUT2D eigenvalue weighted by Gasteiger charge is -2.09. The number of anilines is 1. The Morgan fingerprint density at radius 3 is 2.70 bits per heavy atom. The summed E-state index contributed by atoms with van der Waals surface area (Å²) in [7, 11) is 0. The van der Waals surface area contributed by atoms with E-state index in [1.807, 2.05) is 19.9 Å². The van der Waals surface area contributed by atoms with E-state index >= 15 is 0 Å². The van der Waals surface area contributed by atoms with E-state index in [1.54, 1.807) is 6.20 Å².